The van der Waals surface area contributed by atoms with E-state index in [1.54, 1.807) is 0 Å². The quantitative estimate of drug-likeness (QED) is 0.378. The molecule has 0 aliphatic heterocycles. The zero-order chi connectivity index (χ0) is 21.5. The van der Waals surface area contributed by atoms with Crippen molar-refractivity contribution in [3.8, 4) is 5.75 Å². The van der Waals surface area contributed by atoms with Crippen molar-refractivity contribution in [2.75, 3.05) is 6.61 Å². The van der Waals surface area contributed by atoms with Crippen LogP contribution >= 0.6 is 0 Å². The lowest BCUT2D eigenvalue weighted by Crippen LogP contribution is -2.19. The van der Waals surface area contributed by atoms with Gasteiger partial charge in [-0.3, -0.25) is 4.79 Å². The molecular weight excluding hydrogens is 348 g/mol. The molecule has 0 amide bonds. The van der Waals surface area contributed by atoms with Gasteiger partial charge < -0.3 is 9.84 Å². The third-order valence-electron chi connectivity index (χ3n) is 5.15. The summed E-state index contributed by atoms with van der Waals surface area (Å²) in [5.41, 5.74) is 2.85. The summed E-state index contributed by atoms with van der Waals surface area (Å²) in [6.45, 7) is 17.5. The maximum absolute atomic E-state index is 12.1. The molecule has 1 rings (SSSR count). The van der Waals surface area contributed by atoms with Gasteiger partial charge in [0.25, 0.3) is 0 Å². The molecule has 1 aromatic rings. The minimum absolute atomic E-state index is 0.102. The molecule has 3 heteroatoms. The number of hydrogen-bond donors (Lipinski definition) is 1. The zero-order valence-electron chi connectivity index (χ0n) is 19.4. The molecular formula is C25H42O3. The SMILES string of the molecule is CCCCCCOC(=O)CC(C)Cc1cc(C(C)(C)C)c(O)c(C(C)(C)C)c1. The summed E-state index contributed by atoms with van der Waals surface area (Å²) in [7, 11) is 0. The highest BCUT2D eigenvalue weighted by Gasteiger charge is 2.27. The third kappa shape index (κ3) is 7.85. The van der Waals surface area contributed by atoms with Crippen LogP contribution in [0.25, 0.3) is 0 Å². The van der Waals surface area contributed by atoms with Gasteiger partial charge >= 0.3 is 5.97 Å². The van der Waals surface area contributed by atoms with Crippen LogP contribution in [0.2, 0.25) is 0 Å². The molecule has 160 valence electrons. The molecule has 3 nitrogen and oxygen atoms in total. The van der Waals surface area contributed by atoms with Crippen LogP contribution < -0.4 is 0 Å². The van der Waals surface area contributed by atoms with Gasteiger partial charge in [0.05, 0.1) is 6.61 Å². The van der Waals surface area contributed by atoms with E-state index in [9.17, 15) is 9.90 Å². The minimum Gasteiger partial charge on any atom is -0.507 e. The fraction of sp³-hybridized carbons (Fsp3) is 0.720. The number of aromatic hydroxyl groups is 1. The molecule has 1 unspecified atom stereocenters. The first kappa shape index (κ1) is 24.5. The van der Waals surface area contributed by atoms with E-state index in [0.717, 1.165) is 30.4 Å². The van der Waals surface area contributed by atoms with Gasteiger partial charge in [-0.15, -0.1) is 0 Å². The Morgan fingerprint density at radius 1 is 1.00 bits per heavy atom. The highest BCUT2D eigenvalue weighted by atomic mass is 16.5. The van der Waals surface area contributed by atoms with Crippen molar-refractivity contribution in [1.82, 2.24) is 0 Å². The van der Waals surface area contributed by atoms with Crippen LogP contribution in [-0.4, -0.2) is 17.7 Å². The van der Waals surface area contributed by atoms with Crippen molar-refractivity contribution in [3.63, 3.8) is 0 Å². The molecule has 0 fully saturated rings. The lowest BCUT2D eigenvalue weighted by Gasteiger charge is -2.28. The highest BCUT2D eigenvalue weighted by Crippen LogP contribution is 2.40. The standard InChI is InChI=1S/C25H42O3/c1-9-10-11-12-13-28-22(26)15-18(2)14-19-16-20(24(3,4)5)23(27)21(17-19)25(6,7)8/h16-18,27H,9-15H2,1-8H3. The number of ether oxygens (including phenoxy) is 1. The lowest BCUT2D eigenvalue weighted by molar-refractivity contribution is -0.144. The number of benzene rings is 1. The lowest BCUT2D eigenvalue weighted by atomic mass is 9.77. The topological polar surface area (TPSA) is 46.5 Å². The van der Waals surface area contributed by atoms with Crippen LogP contribution in [0.5, 0.6) is 5.75 Å². The Kier molecular flexibility index (Phi) is 9.04. The van der Waals surface area contributed by atoms with Gasteiger partial charge in [-0.25, -0.2) is 0 Å². The van der Waals surface area contributed by atoms with Crippen molar-refractivity contribution in [3.05, 3.63) is 28.8 Å². The summed E-state index contributed by atoms with van der Waals surface area (Å²) in [5.74, 6) is 0.506. The number of unbranched alkanes of at least 4 members (excludes halogenated alkanes) is 3. The molecule has 1 N–H and O–H groups in total. The smallest absolute Gasteiger partial charge is 0.306 e. The number of carbonyl (C=O) groups excluding carboxylic acids is 1. The van der Waals surface area contributed by atoms with Gasteiger partial charge in [0.1, 0.15) is 5.75 Å². The number of esters is 1. The van der Waals surface area contributed by atoms with Gasteiger partial charge in [-0.2, -0.15) is 0 Å². The van der Waals surface area contributed by atoms with E-state index in [2.05, 4.69) is 67.5 Å². The van der Waals surface area contributed by atoms with Crippen molar-refractivity contribution in [2.24, 2.45) is 5.92 Å². The summed E-state index contributed by atoms with van der Waals surface area (Å²) in [5, 5.41) is 10.8. The van der Waals surface area contributed by atoms with E-state index >= 15 is 0 Å². The van der Waals surface area contributed by atoms with E-state index in [4.69, 9.17) is 4.74 Å². The second-order valence-corrected chi connectivity index (χ2v) is 10.3. The average molecular weight is 391 g/mol. The van der Waals surface area contributed by atoms with Crippen molar-refractivity contribution in [1.29, 1.82) is 0 Å². The number of phenols is 1. The minimum atomic E-state index is -0.138. The molecule has 0 radical (unpaired) electrons. The van der Waals surface area contributed by atoms with Crippen LogP contribution in [-0.2, 0) is 26.8 Å². The fourth-order valence-corrected chi connectivity index (χ4v) is 3.49. The largest absolute Gasteiger partial charge is 0.507 e. The molecule has 0 saturated heterocycles. The Morgan fingerprint density at radius 3 is 2.00 bits per heavy atom. The van der Waals surface area contributed by atoms with E-state index in [1.165, 1.54) is 18.4 Å². The molecule has 1 atom stereocenters. The maximum atomic E-state index is 12.1. The zero-order valence-corrected chi connectivity index (χ0v) is 19.4. The average Bonchev–Trinajstić information content (AvgIpc) is 2.53. The van der Waals surface area contributed by atoms with E-state index < -0.39 is 0 Å². The molecule has 0 aromatic heterocycles. The first-order chi connectivity index (χ1) is 12.9. The van der Waals surface area contributed by atoms with Crippen LogP contribution in [0.3, 0.4) is 0 Å². The Hall–Kier alpha value is -1.51. The van der Waals surface area contributed by atoms with Gasteiger partial charge in [-0.05, 0) is 46.3 Å². The number of phenolic OH excluding ortho intramolecular Hbond substituents is 1. The molecule has 0 spiro atoms. The predicted molar refractivity (Wildman–Crippen MR) is 118 cm³/mol. The molecule has 0 bridgehead atoms. The van der Waals surface area contributed by atoms with Crippen molar-refractivity contribution < 1.29 is 14.6 Å². The van der Waals surface area contributed by atoms with E-state index in [-0.39, 0.29) is 22.7 Å². The van der Waals surface area contributed by atoms with Crippen molar-refractivity contribution >= 4 is 5.97 Å². The second kappa shape index (κ2) is 10.3. The molecule has 0 heterocycles. The second-order valence-electron chi connectivity index (χ2n) is 10.3. The fourth-order valence-electron chi connectivity index (χ4n) is 3.49. The predicted octanol–water partition coefficient (Wildman–Crippen LogP) is 6.68. The van der Waals surface area contributed by atoms with Crippen LogP contribution in [0, 0.1) is 5.92 Å². The summed E-state index contributed by atoms with van der Waals surface area (Å²) in [4.78, 5) is 12.1. The van der Waals surface area contributed by atoms with E-state index in [0.29, 0.717) is 18.8 Å². The number of rotatable bonds is 9. The third-order valence-corrected chi connectivity index (χ3v) is 5.15. The normalized spacial score (nSPS) is 13.4. The summed E-state index contributed by atoms with van der Waals surface area (Å²) >= 11 is 0. The maximum Gasteiger partial charge on any atom is 0.306 e. The first-order valence-electron chi connectivity index (χ1n) is 10.9. The van der Waals surface area contributed by atoms with E-state index in [1.807, 2.05) is 0 Å². The van der Waals surface area contributed by atoms with Crippen LogP contribution in [0.15, 0.2) is 12.1 Å². The van der Waals surface area contributed by atoms with Crippen molar-refractivity contribution in [2.45, 2.75) is 105 Å². The van der Waals surface area contributed by atoms with Gasteiger partial charge in [0.15, 0.2) is 0 Å². The monoisotopic (exact) mass is 390 g/mol. The Balaban J connectivity index is 2.83. The Bertz CT molecular complexity index is 597. The molecule has 0 aliphatic carbocycles. The summed E-state index contributed by atoms with van der Waals surface area (Å²) < 4.78 is 5.39. The summed E-state index contributed by atoms with van der Waals surface area (Å²) in [6.07, 6.45) is 5.70. The number of hydrogen-bond acceptors (Lipinski definition) is 3. The van der Waals surface area contributed by atoms with Crippen LogP contribution in [0.4, 0.5) is 0 Å². The Labute approximate surface area is 172 Å². The summed E-state index contributed by atoms with van der Waals surface area (Å²) in [6, 6.07) is 4.22. The number of carbonyl (C=O) groups is 1. The highest BCUT2D eigenvalue weighted by molar-refractivity contribution is 5.69. The van der Waals surface area contributed by atoms with Gasteiger partial charge in [0, 0.05) is 6.42 Å². The van der Waals surface area contributed by atoms with Gasteiger partial charge in [-0.1, -0.05) is 86.8 Å². The van der Waals surface area contributed by atoms with Crippen LogP contribution in [0.1, 0.15) is 104 Å². The molecule has 1 aromatic carbocycles. The van der Waals surface area contributed by atoms with Gasteiger partial charge in [0.2, 0.25) is 0 Å². The Morgan fingerprint density at radius 2 is 1.54 bits per heavy atom. The first-order valence-corrected chi connectivity index (χ1v) is 10.9. The molecule has 28 heavy (non-hydrogen) atoms. The molecule has 0 saturated carbocycles. The molecule has 0 aliphatic rings.